The highest BCUT2D eigenvalue weighted by Crippen LogP contribution is 2.33. The molecule has 0 spiro atoms. The number of fused-ring (bicyclic) bond motifs is 2. The van der Waals surface area contributed by atoms with Gasteiger partial charge >= 0.3 is 0 Å². The zero-order chi connectivity index (χ0) is 19.9. The Morgan fingerprint density at radius 3 is 2.67 bits per heavy atom. The molecule has 1 saturated heterocycles. The molecule has 5 aromatic rings. The number of hydrogen-bond acceptors (Lipinski definition) is 6. The maximum Gasteiger partial charge on any atom is 0.137 e. The predicted molar refractivity (Wildman–Crippen MR) is 116 cm³/mol. The van der Waals surface area contributed by atoms with E-state index in [0.29, 0.717) is 0 Å². The Morgan fingerprint density at radius 2 is 1.80 bits per heavy atom. The van der Waals surface area contributed by atoms with Gasteiger partial charge in [0.2, 0.25) is 0 Å². The van der Waals surface area contributed by atoms with Crippen LogP contribution < -0.4 is 4.90 Å². The summed E-state index contributed by atoms with van der Waals surface area (Å²) in [6, 6.07) is 8.06. The molecule has 0 saturated carbocycles. The van der Waals surface area contributed by atoms with Crippen LogP contribution in [0.2, 0.25) is 0 Å². The van der Waals surface area contributed by atoms with Crippen LogP contribution in [0.1, 0.15) is 19.3 Å². The molecule has 0 aromatic carbocycles. The third-order valence-electron chi connectivity index (χ3n) is 5.67. The third-order valence-corrected chi connectivity index (χ3v) is 5.67. The maximum atomic E-state index is 4.82. The first-order chi connectivity index (χ1) is 14.9. The number of rotatable bonds is 3. The molecule has 0 bridgehead atoms. The minimum absolute atomic E-state index is 0.736. The number of anilines is 1. The fourth-order valence-electron chi connectivity index (χ4n) is 4.19. The van der Waals surface area contributed by atoms with Crippen molar-refractivity contribution in [2.75, 3.05) is 18.0 Å². The second kappa shape index (κ2) is 6.91. The largest absolute Gasteiger partial charge is 0.356 e. The van der Waals surface area contributed by atoms with Gasteiger partial charge < -0.3 is 9.88 Å². The number of aromatic amines is 2. The zero-order valence-corrected chi connectivity index (χ0v) is 16.3. The fraction of sp³-hybridized carbons (Fsp3) is 0.227. The van der Waals surface area contributed by atoms with Gasteiger partial charge in [-0.3, -0.25) is 15.1 Å². The molecule has 5 aromatic heterocycles. The molecule has 1 aliphatic heterocycles. The summed E-state index contributed by atoms with van der Waals surface area (Å²) in [7, 11) is 0. The average molecular weight is 396 g/mol. The van der Waals surface area contributed by atoms with Crippen molar-refractivity contribution in [2.24, 2.45) is 0 Å². The summed E-state index contributed by atoms with van der Waals surface area (Å²) in [6.45, 7) is 2.11. The summed E-state index contributed by atoms with van der Waals surface area (Å²) in [4.78, 5) is 23.9. The quantitative estimate of drug-likeness (QED) is 0.479. The topological polar surface area (TPSA) is 99.3 Å². The molecule has 0 aliphatic carbocycles. The van der Waals surface area contributed by atoms with Crippen LogP contribution in [0.5, 0.6) is 0 Å². The second-order valence-electron chi connectivity index (χ2n) is 7.58. The lowest BCUT2D eigenvalue weighted by molar-refractivity contribution is 0.575. The van der Waals surface area contributed by atoms with Crippen LogP contribution in [0.4, 0.5) is 5.82 Å². The average Bonchev–Trinajstić information content (AvgIpc) is 3.43. The van der Waals surface area contributed by atoms with Crippen molar-refractivity contribution in [3.63, 3.8) is 0 Å². The van der Waals surface area contributed by atoms with Gasteiger partial charge in [0.1, 0.15) is 22.7 Å². The van der Waals surface area contributed by atoms with E-state index >= 15 is 0 Å². The van der Waals surface area contributed by atoms with E-state index in [9.17, 15) is 0 Å². The Bertz CT molecular complexity index is 1330. The number of nitrogens with one attached hydrogen (secondary N) is 2. The first-order valence-electron chi connectivity index (χ1n) is 10.2. The normalized spacial score (nSPS) is 14.6. The van der Waals surface area contributed by atoms with Gasteiger partial charge in [-0.05, 0) is 43.5 Å². The Morgan fingerprint density at radius 1 is 0.867 bits per heavy atom. The zero-order valence-electron chi connectivity index (χ0n) is 16.3. The van der Waals surface area contributed by atoms with E-state index in [1.54, 1.807) is 18.6 Å². The Labute approximate surface area is 172 Å². The number of aromatic nitrogens is 7. The molecule has 6 rings (SSSR count). The lowest BCUT2D eigenvalue weighted by atomic mass is 10.1. The molecule has 30 heavy (non-hydrogen) atoms. The van der Waals surface area contributed by atoms with Gasteiger partial charge in [-0.25, -0.2) is 9.97 Å². The monoisotopic (exact) mass is 396 g/mol. The highest BCUT2D eigenvalue weighted by molar-refractivity contribution is 5.98. The number of hydrogen-bond donors (Lipinski definition) is 2. The molecule has 0 radical (unpaired) electrons. The van der Waals surface area contributed by atoms with Crippen LogP contribution in [0.15, 0.2) is 49.1 Å². The van der Waals surface area contributed by atoms with E-state index in [0.717, 1.165) is 63.6 Å². The van der Waals surface area contributed by atoms with Crippen molar-refractivity contribution < 1.29 is 0 Å². The fourth-order valence-corrected chi connectivity index (χ4v) is 4.19. The first kappa shape index (κ1) is 17.1. The van der Waals surface area contributed by atoms with E-state index in [1.165, 1.54) is 19.3 Å². The SMILES string of the molecule is c1cnc(-c2ccc3[nH]nc(-c4cc5c(N6CCCCC6)nccc5[nH]4)c3n2)cn1. The molecule has 2 N–H and O–H groups in total. The predicted octanol–water partition coefficient (Wildman–Crippen LogP) is 3.95. The minimum Gasteiger partial charge on any atom is -0.356 e. The molecule has 6 heterocycles. The second-order valence-corrected chi connectivity index (χ2v) is 7.58. The van der Waals surface area contributed by atoms with Crippen molar-refractivity contribution in [1.82, 2.24) is 35.1 Å². The molecule has 148 valence electrons. The van der Waals surface area contributed by atoms with E-state index < -0.39 is 0 Å². The van der Waals surface area contributed by atoms with Crippen molar-refractivity contribution in [1.29, 1.82) is 0 Å². The van der Waals surface area contributed by atoms with Gasteiger partial charge in [0.25, 0.3) is 0 Å². The summed E-state index contributed by atoms with van der Waals surface area (Å²) < 4.78 is 0. The van der Waals surface area contributed by atoms with Crippen molar-refractivity contribution in [3.8, 4) is 22.8 Å². The molecule has 0 atom stereocenters. The summed E-state index contributed by atoms with van der Waals surface area (Å²) >= 11 is 0. The molecule has 0 amide bonds. The molecule has 0 unspecified atom stereocenters. The van der Waals surface area contributed by atoms with Gasteiger partial charge in [-0.1, -0.05) is 0 Å². The highest BCUT2D eigenvalue weighted by atomic mass is 15.2. The lowest BCUT2D eigenvalue weighted by Crippen LogP contribution is -2.30. The van der Waals surface area contributed by atoms with Gasteiger partial charge in [-0.2, -0.15) is 5.10 Å². The standard InChI is InChI=1S/C22H20N8/c1-2-10-30(11-3-1)22-14-12-18(26-15(14)6-7-25-22)21-20-17(28-29-21)5-4-16(27-20)19-13-23-8-9-24-19/h4-9,12-13,26H,1-3,10-11H2,(H,28,29). The molecular formula is C22H20N8. The Balaban J connectivity index is 1.47. The van der Waals surface area contributed by atoms with Crippen molar-refractivity contribution >= 4 is 27.8 Å². The van der Waals surface area contributed by atoms with E-state index in [2.05, 4.69) is 41.1 Å². The van der Waals surface area contributed by atoms with Crippen LogP contribution in [0, 0.1) is 0 Å². The van der Waals surface area contributed by atoms with Gasteiger partial charge in [-0.15, -0.1) is 0 Å². The summed E-state index contributed by atoms with van der Waals surface area (Å²) in [6.07, 6.45) is 10.6. The maximum absolute atomic E-state index is 4.82. The van der Waals surface area contributed by atoms with Crippen LogP contribution >= 0.6 is 0 Å². The molecular weight excluding hydrogens is 376 g/mol. The summed E-state index contributed by atoms with van der Waals surface area (Å²) in [5.74, 6) is 1.04. The lowest BCUT2D eigenvalue weighted by Gasteiger charge is -2.28. The van der Waals surface area contributed by atoms with Gasteiger partial charge in [0.05, 0.1) is 28.6 Å². The number of H-pyrrole nitrogens is 2. The third kappa shape index (κ3) is 2.80. The van der Waals surface area contributed by atoms with E-state index in [4.69, 9.17) is 4.98 Å². The molecule has 1 aliphatic rings. The van der Waals surface area contributed by atoms with Gasteiger partial charge in [0, 0.05) is 37.1 Å². The highest BCUT2D eigenvalue weighted by Gasteiger charge is 2.19. The number of pyridine rings is 2. The van der Waals surface area contributed by atoms with Crippen LogP contribution in [0.25, 0.3) is 44.7 Å². The van der Waals surface area contributed by atoms with E-state index in [-0.39, 0.29) is 0 Å². The van der Waals surface area contributed by atoms with Crippen molar-refractivity contribution in [2.45, 2.75) is 19.3 Å². The summed E-state index contributed by atoms with van der Waals surface area (Å²) in [5.41, 5.74) is 5.96. The Kier molecular flexibility index (Phi) is 3.93. The van der Waals surface area contributed by atoms with Crippen LogP contribution in [0.3, 0.4) is 0 Å². The number of nitrogens with zero attached hydrogens (tertiary/aromatic N) is 6. The first-order valence-corrected chi connectivity index (χ1v) is 10.2. The van der Waals surface area contributed by atoms with E-state index in [1.807, 2.05) is 24.4 Å². The Hall–Kier alpha value is -3.81. The molecule has 8 nitrogen and oxygen atoms in total. The minimum atomic E-state index is 0.736. The van der Waals surface area contributed by atoms with Crippen LogP contribution in [-0.2, 0) is 0 Å². The molecule has 8 heteroatoms. The van der Waals surface area contributed by atoms with Crippen LogP contribution in [-0.4, -0.2) is 48.2 Å². The summed E-state index contributed by atoms with van der Waals surface area (Å²) in [5, 5.41) is 8.76. The van der Waals surface area contributed by atoms with Gasteiger partial charge in [0.15, 0.2) is 0 Å². The smallest absolute Gasteiger partial charge is 0.137 e. The molecule has 1 fully saturated rings. The number of piperidine rings is 1. The van der Waals surface area contributed by atoms with Crippen molar-refractivity contribution in [3.05, 3.63) is 49.1 Å².